The second-order valence-electron chi connectivity index (χ2n) is 7.61. The Labute approximate surface area is 140 Å². The SMILES string of the molecule is OCCCCCCCCCCCCCCCC1CCCCC1. The van der Waals surface area contributed by atoms with Gasteiger partial charge in [-0.3, -0.25) is 0 Å². The van der Waals surface area contributed by atoms with E-state index in [1.807, 2.05) is 0 Å². The summed E-state index contributed by atoms with van der Waals surface area (Å²) in [7, 11) is 0. The van der Waals surface area contributed by atoms with Gasteiger partial charge in [0.2, 0.25) is 0 Å². The predicted octanol–water partition coefficient (Wildman–Crippen LogP) is 7.02. The highest BCUT2D eigenvalue weighted by Gasteiger charge is 2.12. The molecular formula is C21H42O. The first-order valence-corrected chi connectivity index (χ1v) is 10.5. The average Bonchev–Trinajstić information content (AvgIpc) is 2.56. The zero-order chi connectivity index (χ0) is 15.7. The predicted molar refractivity (Wildman–Crippen MR) is 98.3 cm³/mol. The van der Waals surface area contributed by atoms with Gasteiger partial charge in [0.15, 0.2) is 0 Å². The van der Waals surface area contributed by atoms with Gasteiger partial charge < -0.3 is 5.11 Å². The van der Waals surface area contributed by atoms with E-state index in [-0.39, 0.29) is 0 Å². The van der Waals surface area contributed by atoms with Gasteiger partial charge in [0, 0.05) is 6.61 Å². The average molecular weight is 311 g/mol. The standard InChI is InChI=1S/C21H42O/c22-20-16-11-9-7-5-3-1-2-4-6-8-10-13-17-21-18-14-12-15-19-21/h21-22H,1-20H2. The van der Waals surface area contributed by atoms with E-state index in [2.05, 4.69) is 0 Å². The Morgan fingerprint density at radius 1 is 0.500 bits per heavy atom. The first-order chi connectivity index (χ1) is 10.9. The second kappa shape index (κ2) is 15.8. The molecule has 1 fully saturated rings. The number of hydrogen-bond donors (Lipinski definition) is 1. The van der Waals surface area contributed by atoms with E-state index in [9.17, 15) is 0 Å². The van der Waals surface area contributed by atoms with Crippen molar-refractivity contribution in [2.75, 3.05) is 6.61 Å². The van der Waals surface area contributed by atoms with E-state index in [0.29, 0.717) is 6.61 Å². The molecule has 0 spiro atoms. The van der Waals surface area contributed by atoms with Crippen LogP contribution in [0.25, 0.3) is 0 Å². The highest BCUT2D eigenvalue weighted by molar-refractivity contribution is 4.65. The molecule has 1 aliphatic rings. The van der Waals surface area contributed by atoms with E-state index < -0.39 is 0 Å². The minimum atomic E-state index is 0.376. The molecule has 0 radical (unpaired) electrons. The molecule has 0 amide bonds. The number of rotatable bonds is 15. The second-order valence-corrected chi connectivity index (χ2v) is 7.61. The molecule has 1 aliphatic carbocycles. The molecule has 1 N–H and O–H groups in total. The summed E-state index contributed by atoms with van der Waals surface area (Å²) in [6, 6.07) is 0. The lowest BCUT2D eigenvalue weighted by molar-refractivity contribution is 0.282. The van der Waals surface area contributed by atoms with Crippen molar-refractivity contribution in [3.05, 3.63) is 0 Å². The zero-order valence-corrected chi connectivity index (χ0v) is 15.2. The maximum absolute atomic E-state index is 8.71. The van der Waals surface area contributed by atoms with E-state index >= 15 is 0 Å². The molecule has 1 nitrogen and oxygen atoms in total. The molecule has 0 atom stereocenters. The molecule has 22 heavy (non-hydrogen) atoms. The van der Waals surface area contributed by atoms with E-state index in [4.69, 9.17) is 5.11 Å². The first kappa shape index (κ1) is 20.0. The lowest BCUT2D eigenvalue weighted by Gasteiger charge is -2.21. The summed E-state index contributed by atoms with van der Waals surface area (Å²) in [6.45, 7) is 0.376. The van der Waals surface area contributed by atoms with Crippen LogP contribution in [-0.2, 0) is 0 Å². The largest absolute Gasteiger partial charge is 0.396 e. The Morgan fingerprint density at radius 2 is 0.909 bits per heavy atom. The van der Waals surface area contributed by atoms with Gasteiger partial charge in [0.05, 0.1) is 0 Å². The number of aliphatic hydroxyl groups excluding tert-OH is 1. The van der Waals surface area contributed by atoms with Gasteiger partial charge in [-0.15, -0.1) is 0 Å². The summed E-state index contributed by atoms with van der Waals surface area (Å²) < 4.78 is 0. The monoisotopic (exact) mass is 310 g/mol. The fourth-order valence-electron chi connectivity index (χ4n) is 3.97. The topological polar surface area (TPSA) is 20.2 Å². The van der Waals surface area contributed by atoms with Crippen LogP contribution < -0.4 is 0 Å². The molecule has 0 saturated heterocycles. The maximum Gasteiger partial charge on any atom is 0.0431 e. The van der Waals surface area contributed by atoms with Gasteiger partial charge in [-0.1, -0.05) is 116 Å². The van der Waals surface area contributed by atoms with Crippen LogP contribution in [0.3, 0.4) is 0 Å². The van der Waals surface area contributed by atoms with Crippen molar-refractivity contribution in [1.29, 1.82) is 0 Å². The van der Waals surface area contributed by atoms with E-state index in [1.165, 1.54) is 116 Å². The Bertz CT molecular complexity index is 208. The van der Waals surface area contributed by atoms with Crippen LogP contribution >= 0.6 is 0 Å². The fourth-order valence-corrected chi connectivity index (χ4v) is 3.97. The fraction of sp³-hybridized carbons (Fsp3) is 1.00. The van der Waals surface area contributed by atoms with Crippen molar-refractivity contribution >= 4 is 0 Å². The lowest BCUT2D eigenvalue weighted by atomic mass is 9.85. The maximum atomic E-state index is 8.71. The van der Waals surface area contributed by atoms with Crippen molar-refractivity contribution in [2.45, 2.75) is 122 Å². The Hall–Kier alpha value is -0.0400. The van der Waals surface area contributed by atoms with Crippen molar-refractivity contribution < 1.29 is 5.11 Å². The van der Waals surface area contributed by atoms with Crippen LogP contribution in [0, 0.1) is 5.92 Å². The minimum Gasteiger partial charge on any atom is -0.396 e. The van der Waals surface area contributed by atoms with Gasteiger partial charge in [-0.2, -0.15) is 0 Å². The van der Waals surface area contributed by atoms with Gasteiger partial charge in [-0.25, -0.2) is 0 Å². The summed E-state index contributed by atoms with van der Waals surface area (Å²) >= 11 is 0. The van der Waals surface area contributed by atoms with Crippen LogP contribution in [0.4, 0.5) is 0 Å². The summed E-state index contributed by atoms with van der Waals surface area (Å²) in [4.78, 5) is 0. The number of aliphatic hydroxyl groups is 1. The molecule has 0 aromatic rings. The molecule has 1 saturated carbocycles. The molecule has 1 rings (SSSR count). The number of hydrogen-bond acceptors (Lipinski definition) is 1. The van der Waals surface area contributed by atoms with Crippen LogP contribution in [-0.4, -0.2) is 11.7 Å². The van der Waals surface area contributed by atoms with E-state index in [0.717, 1.165) is 12.3 Å². The van der Waals surface area contributed by atoms with Crippen molar-refractivity contribution in [2.24, 2.45) is 5.92 Å². The Morgan fingerprint density at radius 3 is 1.36 bits per heavy atom. The van der Waals surface area contributed by atoms with Crippen molar-refractivity contribution in [3.63, 3.8) is 0 Å². The van der Waals surface area contributed by atoms with Gasteiger partial charge >= 0.3 is 0 Å². The number of unbranched alkanes of at least 4 members (excludes halogenated alkanes) is 12. The summed E-state index contributed by atoms with van der Waals surface area (Å²) in [6.07, 6.45) is 27.2. The zero-order valence-electron chi connectivity index (χ0n) is 15.2. The van der Waals surface area contributed by atoms with Crippen LogP contribution in [0.15, 0.2) is 0 Å². The smallest absolute Gasteiger partial charge is 0.0431 e. The Kier molecular flexibility index (Phi) is 14.4. The highest BCUT2D eigenvalue weighted by atomic mass is 16.2. The molecule has 0 aromatic carbocycles. The van der Waals surface area contributed by atoms with Crippen LogP contribution in [0.2, 0.25) is 0 Å². The van der Waals surface area contributed by atoms with Crippen molar-refractivity contribution in [3.8, 4) is 0 Å². The first-order valence-electron chi connectivity index (χ1n) is 10.5. The molecule has 0 aromatic heterocycles. The van der Waals surface area contributed by atoms with Crippen molar-refractivity contribution in [1.82, 2.24) is 0 Å². The molecule has 1 heteroatoms. The highest BCUT2D eigenvalue weighted by Crippen LogP contribution is 2.28. The third kappa shape index (κ3) is 12.5. The van der Waals surface area contributed by atoms with Gasteiger partial charge in [0.1, 0.15) is 0 Å². The minimum absolute atomic E-state index is 0.376. The molecular weight excluding hydrogens is 268 g/mol. The third-order valence-electron chi connectivity index (χ3n) is 5.50. The van der Waals surface area contributed by atoms with Crippen LogP contribution in [0.5, 0.6) is 0 Å². The lowest BCUT2D eigenvalue weighted by Crippen LogP contribution is -2.05. The van der Waals surface area contributed by atoms with E-state index in [1.54, 1.807) is 0 Å². The quantitative estimate of drug-likeness (QED) is 0.322. The molecule has 0 aliphatic heterocycles. The Balaban J connectivity index is 1.68. The molecule has 0 bridgehead atoms. The summed E-state index contributed by atoms with van der Waals surface area (Å²) in [5.41, 5.74) is 0. The van der Waals surface area contributed by atoms with Gasteiger partial charge in [-0.05, 0) is 12.3 Å². The van der Waals surface area contributed by atoms with Crippen LogP contribution in [0.1, 0.15) is 122 Å². The molecule has 0 unspecified atom stereocenters. The summed E-state index contributed by atoms with van der Waals surface area (Å²) in [5.74, 6) is 1.09. The van der Waals surface area contributed by atoms with Gasteiger partial charge in [0.25, 0.3) is 0 Å². The normalized spacial score (nSPS) is 16.2. The molecule has 132 valence electrons. The third-order valence-corrected chi connectivity index (χ3v) is 5.50. The molecule has 0 heterocycles. The summed E-state index contributed by atoms with van der Waals surface area (Å²) in [5, 5.41) is 8.71.